The van der Waals surface area contributed by atoms with E-state index in [1.807, 2.05) is 0 Å². The number of pyridine rings is 1. The minimum atomic E-state index is -4.89. The van der Waals surface area contributed by atoms with Crippen LogP contribution in [0.3, 0.4) is 0 Å². The number of nitrogens with zero attached hydrogens (tertiary/aromatic N) is 4. The van der Waals surface area contributed by atoms with Crippen LogP contribution in [0.5, 0.6) is 5.75 Å². The molecule has 0 atom stereocenters. The Morgan fingerprint density at radius 2 is 1.69 bits per heavy atom. The number of ether oxygens (including phenoxy) is 2. The van der Waals surface area contributed by atoms with Gasteiger partial charge in [0.05, 0.1) is 6.20 Å². The zero-order chi connectivity index (χ0) is 34.7. The normalized spacial score (nSPS) is 27.1. The smallest absolute Gasteiger partial charge is 0.417 e. The van der Waals surface area contributed by atoms with E-state index in [1.165, 1.54) is 49.1 Å². The number of fused-ring (bicyclic) bond motifs is 3. The molecule has 7 rings (SSSR count). The van der Waals surface area contributed by atoms with Gasteiger partial charge in [-0.15, -0.1) is 0 Å². The zero-order valence-electron chi connectivity index (χ0n) is 26.0. The Bertz CT molecular complexity index is 1630. The van der Waals surface area contributed by atoms with Crippen LogP contribution in [0.2, 0.25) is 0 Å². The van der Waals surface area contributed by atoms with E-state index >= 15 is 4.39 Å². The first-order valence-electron chi connectivity index (χ1n) is 15.4. The van der Waals surface area contributed by atoms with Crippen LogP contribution in [0.4, 0.5) is 41.3 Å². The third kappa shape index (κ3) is 6.42. The van der Waals surface area contributed by atoms with Gasteiger partial charge in [-0.2, -0.15) is 26.9 Å². The van der Waals surface area contributed by atoms with Crippen molar-refractivity contribution in [3.8, 4) is 16.9 Å². The van der Waals surface area contributed by atoms with Crippen LogP contribution >= 0.6 is 0 Å². The highest BCUT2D eigenvalue weighted by atomic mass is 19.4. The van der Waals surface area contributed by atoms with Crippen molar-refractivity contribution < 1.29 is 54.6 Å². The van der Waals surface area contributed by atoms with E-state index in [9.17, 15) is 36.2 Å². The summed E-state index contributed by atoms with van der Waals surface area (Å²) in [6.07, 6.45) is -4.39. The Labute approximate surface area is 270 Å². The van der Waals surface area contributed by atoms with Crippen molar-refractivity contribution in [1.29, 1.82) is 0 Å². The quantitative estimate of drug-likeness (QED) is 0.228. The maximum Gasteiger partial charge on any atom is 0.417 e. The van der Waals surface area contributed by atoms with Gasteiger partial charge in [0.15, 0.2) is 17.1 Å². The molecule has 2 bridgehead atoms. The number of alkyl halides is 6. The standard InChI is InChI=1S/C32H33F7N4O5/c1-28(2,36)25-41-24(42-48-25)30-10-7-29(8-11-30,9-12-30)17-43(27(44)47-20-14-31(45,15-20)32(37,38)39)23-13-21(22(33)16-40-23)18-3-5-19(6-4-18)46-26(34)35/h3-6,13,16,20,26,45H,7-12,14-15,17H2,1-2H3/t20?,29-,30+,31?. The Hall–Kier alpha value is -3.95. The monoisotopic (exact) mass is 686 g/mol. The van der Waals surface area contributed by atoms with Crippen LogP contribution in [0, 0.1) is 11.2 Å². The number of carbonyl (C=O) groups excluding carboxylic acids is 1. The van der Waals surface area contributed by atoms with Crippen LogP contribution in [0.1, 0.15) is 76.9 Å². The molecule has 0 spiro atoms. The lowest BCUT2D eigenvalue weighted by Gasteiger charge is -2.53. The van der Waals surface area contributed by atoms with Crippen molar-refractivity contribution in [2.45, 2.75) is 101 Å². The molecular weight excluding hydrogens is 653 g/mol. The van der Waals surface area contributed by atoms with Gasteiger partial charge < -0.3 is 19.1 Å². The topological polar surface area (TPSA) is 111 Å². The first kappa shape index (κ1) is 33.9. The third-order valence-electron chi connectivity index (χ3n) is 9.96. The SMILES string of the molecule is CC(C)(F)c1nc([C@]23CC[C@](CN(C(=O)OC4CC(O)(C(F)(F)F)C4)c4cc(-c5ccc(OC(F)F)cc5)c(F)cn4)(CC2)CC3)no1. The Kier molecular flexibility index (Phi) is 8.40. The number of hydrogen-bond acceptors (Lipinski definition) is 8. The van der Waals surface area contributed by atoms with E-state index in [4.69, 9.17) is 9.26 Å². The Balaban J connectivity index is 1.26. The van der Waals surface area contributed by atoms with Crippen molar-refractivity contribution in [3.63, 3.8) is 0 Å². The minimum Gasteiger partial charge on any atom is -0.446 e. The van der Waals surface area contributed by atoms with Gasteiger partial charge in [0, 0.05) is 30.4 Å². The van der Waals surface area contributed by atoms with Crippen LogP contribution in [-0.2, 0) is 15.8 Å². The number of amides is 1. The molecule has 1 aromatic carbocycles. The van der Waals surface area contributed by atoms with Crippen molar-refractivity contribution in [2.75, 3.05) is 11.4 Å². The summed E-state index contributed by atoms with van der Waals surface area (Å²) in [5, 5.41) is 14.0. The number of benzene rings is 1. The molecule has 3 aromatic rings. The second-order valence-electron chi connectivity index (χ2n) is 13.6. The summed E-state index contributed by atoms with van der Waals surface area (Å²) in [7, 11) is 0. The molecule has 0 unspecified atom stereocenters. The van der Waals surface area contributed by atoms with E-state index < -0.39 is 65.7 Å². The average molecular weight is 687 g/mol. The first-order valence-corrected chi connectivity index (χ1v) is 15.4. The van der Waals surface area contributed by atoms with Crippen LogP contribution < -0.4 is 9.64 Å². The highest BCUT2D eigenvalue weighted by Gasteiger charge is 2.63. The fourth-order valence-electron chi connectivity index (χ4n) is 6.92. The van der Waals surface area contributed by atoms with Crippen LogP contribution in [0.25, 0.3) is 11.1 Å². The fourth-order valence-corrected chi connectivity index (χ4v) is 6.92. The molecule has 0 aliphatic heterocycles. The van der Waals surface area contributed by atoms with Gasteiger partial charge in [-0.3, -0.25) is 4.90 Å². The molecule has 2 aromatic heterocycles. The Morgan fingerprint density at radius 3 is 2.23 bits per heavy atom. The highest BCUT2D eigenvalue weighted by Crippen LogP contribution is 2.58. The minimum absolute atomic E-state index is 0.0241. The first-order chi connectivity index (χ1) is 22.4. The second kappa shape index (κ2) is 11.9. The molecular formula is C32H33F7N4O5. The lowest BCUT2D eigenvalue weighted by Crippen LogP contribution is -2.59. The lowest BCUT2D eigenvalue weighted by molar-refractivity contribution is -0.305. The van der Waals surface area contributed by atoms with Gasteiger partial charge >= 0.3 is 18.9 Å². The van der Waals surface area contributed by atoms with Gasteiger partial charge in [0.2, 0.25) is 0 Å². The number of halogens is 7. The number of aliphatic hydroxyl groups is 1. The summed E-state index contributed by atoms with van der Waals surface area (Å²) in [5.74, 6) is -0.670. The summed E-state index contributed by atoms with van der Waals surface area (Å²) >= 11 is 0. The Morgan fingerprint density at radius 1 is 1.06 bits per heavy atom. The molecule has 4 fully saturated rings. The van der Waals surface area contributed by atoms with Crippen molar-refractivity contribution in [3.05, 3.63) is 54.1 Å². The molecule has 2 heterocycles. The van der Waals surface area contributed by atoms with E-state index in [1.54, 1.807) is 0 Å². The molecule has 48 heavy (non-hydrogen) atoms. The molecule has 4 aliphatic rings. The number of rotatable bonds is 9. The highest BCUT2D eigenvalue weighted by molar-refractivity contribution is 5.88. The summed E-state index contributed by atoms with van der Waals surface area (Å²) < 4.78 is 109. The molecule has 1 N–H and O–H groups in total. The van der Waals surface area contributed by atoms with Crippen molar-refractivity contribution in [2.24, 2.45) is 5.41 Å². The van der Waals surface area contributed by atoms with Gasteiger partial charge in [-0.25, -0.2) is 18.6 Å². The maximum absolute atomic E-state index is 15.1. The molecule has 1 amide bonds. The molecule has 260 valence electrons. The largest absolute Gasteiger partial charge is 0.446 e. The summed E-state index contributed by atoms with van der Waals surface area (Å²) in [6, 6.07) is 6.42. The average Bonchev–Trinajstić information content (AvgIpc) is 3.53. The summed E-state index contributed by atoms with van der Waals surface area (Å²) in [4.78, 5) is 23.3. The molecule has 4 aliphatic carbocycles. The third-order valence-corrected chi connectivity index (χ3v) is 9.96. The molecule has 0 saturated heterocycles. The summed E-state index contributed by atoms with van der Waals surface area (Å²) in [6.45, 7) is -0.381. The van der Waals surface area contributed by atoms with Gasteiger partial charge in [0.25, 0.3) is 5.89 Å². The fraction of sp³-hybridized carbons (Fsp3) is 0.562. The number of anilines is 1. The molecule has 16 heteroatoms. The van der Waals surface area contributed by atoms with Crippen molar-refractivity contribution >= 4 is 11.9 Å². The number of aromatic nitrogens is 3. The van der Waals surface area contributed by atoms with Gasteiger partial charge in [-0.05, 0) is 81.5 Å². The van der Waals surface area contributed by atoms with E-state index in [-0.39, 0.29) is 35.1 Å². The predicted molar refractivity (Wildman–Crippen MR) is 154 cm³/mol. The predicted octanol–water partition coefficient (Wildman–Crippen LogP) is 7.77. The van der Waals surface area contributed by atoms with Gasteiger partial charge in [-0.1, -0.05) is 17.3 Å². The van der Waals surface area contributed by atoms with E-state index in [0.717, 1.165) is 6.20 Å². The van der Waals surface area contributed by atoms with Crippen molar-refractivity contribution in [1.82, 2.24) is 15.1 Å². The van der Waals surface area contributed by atoms with Crippen LogP contribution in [-0.4, -0.2) is 57.4 Å². The lowest BCUT2D eigenvalue weighted by atomic mass is 9.53. The second-order valence-corrected chi connectivity index (χ2v) is 13.6. The molecule has 4 saturated carbocycles. The zero-order valence-corrected chi connectivity index (χ0v) is 26.0. The summed E-state index contributed by atoms with van der Waals surface area (Å²) in [5.41, 5.74) is -5.47. The van der Waals surface area contributed by atoms with E-state index in [2.05, 4.69) is 19.9 Å². The van der Waals surface area contributed by atoms with Crippen LogP contribution in [0.15, 0.2) is 41.1 Å². The van der Waals surface area contributed by atoms with E-state index in [0.29, 0.717) is 44.3 Å². The number of carbonyl (C=O) groups is 1. The maximum atomic E-state index is 15.1. The van der Waals surface area contributed by atoms with Gasteiger partial charge in [0.1, 0.15) is 23.5 Å². The number of hydrogen-bond donors (Lipinski definition) is 1. The molecule has 9 nitrogen and oxygen atoms in total. The molecule has 0 radical (unpaired) electrons.